The second kappa shape index (κ2) is 9.40. The predicted octanol–water partition coefficient (Wildman–Crippen LogP) is 4.70. The van der Waals surface area contributed by atoms with Gasteiger partial charge in [0.15, 0.2) is 0 Å². The van der Waals surface area contributed by atoms with Crippen molar-refractivity contribution in [2.24, 2.45) is 0 Å². The van der Waals surface area contributed by atoms with E-state index in [9.17, 15) is 14.5 Å². The minimum absolute atomic E-state index is 0.0626. The summed E-state index contributed by atoms with van der Waals surface area (Å²) in [5.74, 6) is 0.402. The first-order chi connectivity index (χ1) is 16.6. The number of nitrogens with zero attached hydrogens (tertiary/aromatic N) is 5. The van der Waals surface area contributed by atoms with Crippen LogP contribution in [-0.2, 0) is 0 Å². The Kier molecular flexibility index (Phi) is 6.01. The van der Waals surface area contributed by atoms with Gasteiger partial charge in [0.1, 0.15) is 11.9 Å². The van der Waals surface area contributed by atoms with E-state index in [1.807, 2.05) is 30.3 Å². The van der Waals surface area contributed by atoms with Crippen molar-refractivity contribution in [2.45, 2.75) is 6.04 Å². The Hall–Kier alpha value is -4.11. The lowest BCUT2D eigenvalue weighted by molar-refractivity contribution is -0.384. The summed E-state index contributed by atoms with van der Waals surface area (Å²) in [6.45, 7) is 2.59. The van der Waals surface area contributed by atoms with Crippen LogP contribution < -0.4 is 4.90 Å². The molecule has 0 amide bonds. The highest BCUT2D eigenvalue weighted by atomic mass is 19.1. The van der Waals surface area contributed by atoms with Crippen LogP contribution in [0.2, 0.25) is 0 Å². The smallest absolute Gasteiger partial charge is 0.269 e. The van der Waals surface area contributed by atoms with Crippen molar-refractivity contribution in [3.8, 4) is 11.5 Å². The number of anilines is 1. The maximum Gasteiger partial charge on any atom is 0.269 e. The van der Waals surface area contributed by atoms with Gasteiger partial charge in [0.25, 0.3) is 5.69 Å². The molecule has 0 N–H and O–H groups in total. The molecule has 0 spiro atoms. The third-order valence-electron chi connectivity index (χ3n) is 6.00. The van der Waals surface area contributed by atoms with Crippen molar-refractivity contribution in [1.29, 1.82) is 0 Å². The fourth-order valence-corrected chi connectivity index (χ4v) is 4.25. The lowest BCUT2D eigenvalue weighted by atomic mass is 10.0. The van der Waals surface area contributed by atoms with Crippen molar-refractivity contribution in [1.82, 2.24) is 15.1 Å². The van der Waals surface area contributed by atoms with Crippen LogP contribution in [0.3, 0.4) is 0 Å². The van der Waals surface area contributed by atoms with Crippen LogP contribution in [-0.4, -0.2) is 46.2 Å². The van der Waals surface area contributed by atoms with Crippen LogP contribution in [0.4, 0.5) is 15.8 Å². The zero-order valence-electron chi connectivity index (χ0n) is 18.3. The molecule has 0 saturated carbocycles. The van der Waals surface area contributed by atoms with E-state index < -0.39 is 11.0 Å². The van der Waals surface area contributed by atoms with E-state index in [1.54, 1.807) is 30.3 Å². The first kappa shape index (κ1) is 21.7. The minimum atomic E-state index is -0.523. The van der Waals surface area contributed by atoms with Crippen molar-refractivity contribution in [3.63, 3.8) is 0 Å². The molecule has 9 heteroatoms. The summed E-state index contributed by atoms with van der Waals surface area (Å²) in [4.78, 5) is 14.8. The second-order valence-electron chi connectivity index (χ2n) is 8.03. The standard InChI is InChI=1S/C25H22FN5O3/c26-22-9-5-4-8-21(22)23(25-28-27-24(34-25)18-6-2-1-3-7-18)30-16-14-29(15-17-30)19-10-12-20(13-11-19)31(32)33/h1-13,23H,14-17H2/t23-/m0/s1. The molecule has 3 aromatic carbocycles. The first-order valence-electron chi connectivity index (χ1n) is 11.0. The number of hydrogen-bond acceptors (Lipinski definition) is 7. The van der Waals surface area contributed by atoms with Gasteiger partial charge in [-0.25, -0.2) is 4.39 Å². The molecule has 5 rings (SSSR count). The molecule has 1 atom stereocenters. The SMILES string of the molecule is O=[N+]([O-])c1ccc(N2CCN([C@H](c3nnc(-c4ccccc4)o3)c3ccccc3F)CC2)cc1. The van der Waals surface area contributed by atoms with E-state index in [0.29, 0.717) is 43.5 Å². The number of benzene rings is 3. The Bertz CT molecular complexity index is 1270. The largest absolute Gasteiger partial charge is 0.419 e. The molecule has 1 fully saturated rings. The highest BCUT2D eigenvalue weighted by Crippen LogP contribution is 2.33. The Morgan fingerprint density at radius 2 is 1.56 bits per heavy atom. The van der Waals surface area contributed by atoms with E-state index >= 15 is 0 Å². The number of nitro benzene ring substituents is 1. The summed E-state index contributed by atoms with van der Waals surface area (Å²) in [6.07, 6.45) is 0. The maximum absolute atomic E-state index is 14.9. The molecule has 1 aromatic heterocycles. The van der Waals surface area contributed by atoms with Gasteiger partial charge in [-0.2, -0.15) is 0 Å². The summed E-state index contributed by atoms with van der Waals surface area (Å²) < 4.78 is 20.9. The third kappa shape index (κ3) is 4.38. The lowest BCUT2D eigenvalue weighted by Crippen LogP contribution is -2.48. The molecule has 172 valence electrons. The summed E-state index contributed by atoms with van der Waals surface area (Å²) >= 11 is 0. The summed E-state index contributed by atoms with van der Waals surface area (Å²) in [7, 11) is 0. The summed E-state index contributed by atoms with van der Waals surface area (Å²) in [5.41, 5.74) is 2.26. The number of non-ortho nitro benzene ring substituents is 1. The molecular weight excluding hydrogens is 437 g/mol. The molecule has 34 heavy (non-hydrogen) atoms. The molecule has 0 aliphatic carbocycles. The van der Waals surface area contributed by atoms with Gasteiger partial charge in [0.2, 0.25) is 11.8 Å². The van der Waals surface area contributed by atoms with Gasteiger partial charge in [-0.3, -0.25) is 15.0 Å². The van der Waals surface area contributed by atoms with E-state index in [0.717, 1.165) is 11.3 Å². The van der Waals surface area contributed by atoms with E-state index in [2.05, 4.69) is 20.0 Å². The van der Waals surface area contributed by atoms with E-state index in [-0.39, 0.29) is 11.5 Å². The van der Waals surface area contributed by atoms with Crippen LogP contribution in [0.1, 0.15) is 17.5 Å². The van der Waals surface area contributed by atoms with Crippen LogP contribution in [0.5, 0.6) is 0 Å². The number of piperazine rings is 1. The molecule has 2 heterocycles. The van der Waals surface area contributed by atoms with Gasteiger partial charge >= 0.3 is 0 Å². The minimum Gasteiger partial charge on any atom is -0.419 e. The quantitative estimate of drug-likeness (QED) is 0.305. The van der Waals surface area contributed by atoms with Gasteiger partial charge in [-0.1, -0.05) is 36.4 Å². The summed E-state index contributed by atoms with van der Waals surface area (Å²) in [6, 6.07) is 22.1. The fraction of sp³-hybridized carbons (Fsp3) is 0.200. The first-order valence-corrected chi connectivity index (χ1v) is 11.0. The van der Waals surface area contributed by atoms with Crippen LogP contribution in [0.15, 0.2) is 83.3 Å². The van der Waals surface area contributed by atoms with E-state index in [1.165, 1.54) is 18.2 Å². The molecule has 0 bridgehead atoms. The number of hydrogen-bond donors (Lipinski definition) is 0. The zero-order valence-corrected chi connectivity index (χ0v) is 18.3. The lowest BCUT2D eigenvalue weighted by Gasteiger charge is -2.39. The fourth-order valence-electron chi connectivity index (χ4n) is 4.25. The van der Waals surface area contributed by atoms with Crippen molar-refractivity contribution < 1.29 is 13.7 Å². The Balaban J connectivity index is 1.39. The molecule has 4 aromatic rings. The highest BCUT2D eigenvalue weighted by molar-refractivity contribution is 5.52. The highest BCUT2D eigenvalue weighted by Gasteiger charge is 2.32. The van der Waals surface area contributed by atoms with Crippen LogP contribution in [0, 0.1) is 15.9 Å². The molecule has 8 nitrogen and oxygen atoms in total. The van der Waals surface area contributed by atoms with Crippen LogP contribution in [0.25, 0.3) is 11.5 Å². The monoisotopic (exact) mass is 459 g/mol. The Morgan fingerprint density at radius 3 is 2.24 bits per heavy atom. The normalized spacial score (nSPS) is 15.3. The number of rotatable bonds is 6. The van der Waals surface area contributed by atoms with Gasteiger partial charge in [-0.15, -0.1) is 10.2 Å². The average molecular weight is 459 g/mol. The molecular formula is C25H22FN5O3. The van der Waals surface area contributed by atoms with Crippen LogP contribution >= 0.6 is 0 Å². The summed E-state index contributed by atoms with van der Waals surface area (Å²) in [5, 5.41) is 19.4. The number of nitro groups is 1. The molecule has 1 aliphatic rings. The van der Waals surface area contributed by atoms with Crippen molar-refractivity contribution in [2.75, 3.05) is 31.1 Å². The zero-order chi connectivity index (χ0) is 23.5. The molecule has 1 saturated heterocycles. The number of aromatic nitrogens is 2. The Morgan fingerprint density at radius 1 is 0.882 bits per heavy atom. The van der Waals surface area contributed by atoms with Crippen molar-refractivity contribution >= 4 is 11.4 Å². The average Bonchev–Trinajstić information content (AvgIpc) is 3.36. The second-order valence-corrected chi connectivity index (χ2v) is 8.03. The topological polar surface area (TPSA) is 88.5 Å². The third-order valence-corrected chi connectivity index (χ3v) is 6.00. The van der Waals surface area contributed by atoms with Gasteiger partial charge in [0.05, 0.1) is 4.92 Å². The van der Waals surface area contributed by atoms with Gasteiger partial charge in [-0.05, 0) is 30.3 Å². The molecule has 1 aliphatic heterocycles. The van der Waals surface area contributed by atoms with Crippen molar-refractivity contribution in [3.05, 3.63) is 106 Å². The number of halogens is 1. The van der Waals surface area contributed by atoms with Gasteiger partial charge < -0.3 is 9.32 Å². The Labute approximate surface area is 195 Å². The van der Waals surface area contributed by atoms with E-state index in [4.69, 9.17) is 4.42 Å². The van der Waals surface area contributed by atoms with Gasteiger partial charge in [0, 0.05) is 55.1 Å². The molecule has 0 unspecified atom stereocenters. The predicted molar refractivity (Wildman–Crippen MR) is 125 cm³/mol. The maximum atomic E-state index is 14.9. The molecule has 0 radical (unpaired) electrons.